The average Bonchev–Trinajstić information content (AvgIpc) is 2.46. The van der Waals surface area contributed by atoms with Gasteiger partial charge in [0.15, 0.2) is 0 Å². The van der Waals surface area contributed by atoms with Gasteiger partial charge in [0.2, 0.25) is 0 Å². The predicted octanol–water partition coefficient (Wildman–Crippen LogP) is 0.618. The standard InChI is InChI=1S/C8H8N4/c9-8(10)6-5-12-4-2-1-3-7(12)11-6/h1-5H,(H3,9,10). The minimum absolute atomic E-state index is 0.00120. The minimum Gasteiger partial charge on any atom is -0.382 e. The Morgan fingerprint density at radius 1 is 1.50 bits per heavy atom. The number of rotatable bonds is 1. The fourth-order valence-electron chi connectivity index (χ4n) is 1.06. The highest BCUT2D eigenvalue weighted by molar-refractivity contribution is 5.93. The number of fused-ring (bicyclic) bond motifs is 1. The molecule has 0 bridgehead atoms. The van der Waals surface area contributed by atoms with E-state index in [1.165, 1.54) is 0 Å². The molecule has 2 aromatic heterocycles. The lowest BCUT2D eigenvalue weighted by Crippen LogP contribution is -2.10. The van der Waals surface area contributed by atoms with Gasteiger partial charge < -0.3 is 10.1 Å². The van der Waals surface area contributed by atoms with Gasteiger partial charge in [-0.1, -0.05) is 6.07 Å². The number of aromatic nitrogens is 2. The van der Waals surface area contributed by atoms with Gasteiger partial charge in [0, 0.05) is 12.4 Å². The van der Waals surface area contributed by atoms with Gasteiger partial charge in [-0.2, -0.15) is 0 Å². The summed E-state index contributed by atoms with van der Waals surface area (Å²) in [4.78, 5) is 4.13. The van der Waals surface area contributed by atoms with Crippen molar-refractivity contribution in [3.8, 4) is 0 Å². The normalized spacial score (nSPS) is 10.3. The smallest absolute Gasteiger partial charge is 0.143 e. The van der Waals surface area contributed by atoms with Crippen LogP contribution in [0.25, 0.3) is 5.65 Å². The molecule has 0 aliphatic carbocycles. The van der Waals surface area contributed by atoms with E-state index in [0.717, 1.165) is 5.65 Å². The highest BCUT2D eigenvalue weighted by Crippen LogP contribution is 2.02. The summed E-state index contributed by atoms with van der Waals surface area (Å²) in [7, 11) is 0. The molecule has 0 atom stereocenters. The van der Waals surface area contributed by atoms with Crippen molar-refractivity contribution in [2.45, 2.75) is 0 Å². The number of nitrogens with zero attached hydrogens (tertiary/aromatic N) is 2. The molecular formula is C8H8N4. The zero-order chi connectivity index (χ0) is 8.55. The number of pyridine rings is 1. The molecule has 0 radical (unpaired) electrons. The maximum atomic E-state index is 7.17. The molecule has 0 aliphatic rings. The lowest BCUT2D eigenvalue weighted by atomic mass is 10.4. The van der Waals surface area contributed by atoms with Crippen LogP contribution in [0.15, 0.2) is 30.6 Å². The molecule has 0 amide bonds. The van der Waals surface area contributed by atoms with Crippen LogP contribution in [0.3, 0.4) is 0 Å². The van der Waals surface area contributed by atoms with Crippen LogP contribution in [0.5, 0.6) is 0 Å². The van der Waals surface area contributed by atoms with E-state index >= 15 is 0 Å². The summed E-state index contributed by atoms with van der Waals surface area (Å²) in [6, 6.07) is 5.66. The Hall–Kier alpha value is -1.84. The first-order valence-corrected chi connectivity index (χ1v) is 3.55. The lowest BCUT2D eigenvalue weighted by Gasteiger charge is -1.86. The van der Waals surface area contributed by atoms with Crippen molar-refractivity contribution in [2.75, 3.05) is 0 Å². The molecule has 4 heteroatoms. The van der Waals surface area contributed by atoms with Crippen LogP contribution < -0.4 is 5.73 Å². The fourth-order valence-corrected chi connectivity index (χ4v) is 1.06. The van der Waals surface area contributed by atoms with Gasteiger partial charge in [0.05, 0.1) is 0 Å². The Kier molecular flexibility index (Phi) is 1.33. The molecule has 0 spiro atoms. The van der Waals surface area contributed by atoms with Crippen LogP contribution >= 0.6 is 0 Å². The molecule has 0 unspecified atom stereocenters. The topological polar surface area (TPSA) is 67.2 Å². The third-order valence-electron chi connectivity index (χ3n) is 1.64. The van der Waals surface area contributed by atoms with Gasteiger partial charge in [-0.3, -0.25) is 5.41 Å². The molecule has 60 valence electrons. The summed E-state index contributed by atoms with van der Waals surface area (Å²) in [6.07, 6.45) is 3.60. The first-order valence-electron chi connectivity index (χ1n) is 3.55. The molecule has 0 saturated heterocycles. The van der Waals surface area contributed by atoms with Gasteiger partial charge in [-0.05, 0) is 12.1 Å². The van der Waals surface area contributed by atoms with Crippen molar-refractivity contribution in [3.63, 3.8) is 0 Å². The van der Waals surface area contributed by atoms with Crippen molar-refractivity contribution < 1.29 is 0 Å². The van der Waals surface area contributed by atoms with E-state index in [-0.39, 0.29) is 5.84 Å². The zero-order valence-corrected chi connectivity index (χ0v) is 6.36. The highest BCUT2D eigenvalue weighted by atomic mass is 15.0. The van der Waals surface area contributed by atoms with Gasteiger partial charge in [-0.25, -0.2) is 4.98 Å². The fraction of sp³-hybridized carbons (Fsp3) is 0. The Morgan fingerprint density at radius 2 is 2.33 bits per heavy atom. The largest absolute Gasteiger partial charge is 0.382 e. The van der Waals surface area contributed by atoms with Gasteiger partial charge in [0.1, 0.15) is 17.2 Å². The summed E-state index contributed by atoms with van der Waals surface area (Å²) < 4.78 is 1.83. The third-order valence-corrected chi connectivity index (χ3v) is 1.64. The summed E-state index contributed by atoms with van der Waals surface area (Å²) >= 11 is 0. The zero-order valence-electron chi connectivity index (χ0n) is 6.36. The first-order chi connectivity index (χ1) is 5.77. The van der Waals surface area contributed by atoms with E-state index in [0.29, 0.717) is 5.69 Å². The van der Waals surface area contributed by atoms with Crippen molar-refractivity contribution in [2.24, 2.45) is 5.73 Å². The van der Waals surface area contributed by atoms with Crippen molar-refractivity contribution in [1.82, 2.24) is 9.38 Å². The Morgan fingerprint density at radius 3 is 3.00 bits per heavy atom. The molecule has 2 heterocycles. The summed E-state index contributed by atoms with van der Waals surface area (Å²) in [5, 5.41) is 7.17. The Labute approximate surface area is 69.2 Å². The second kappa shape index (κ2) is 2.34. The second-order valence-electron chi connectivity index (χ2n) is 2.51. The predicted molar refractivity (Wildman–Crippen MR) is 46.2 cm³/mol. The van der Waals surface area contributed by atoms with E-state index in [1.807, 2.05) is 28.8 Å². The molecule has 0 fully saturated rings. The average molecular weight is 160 g/mol. The lowest BCUT2D eigenvalue weighted by molar-refractivity contribution is 1.19. The first kappa shape index (κ1) is 6.84. The second-order valence-corrected chi connectivity index (χ2v) is 2.51. The van der Waals surface area contributed by atoms with E-state index in [9.17, 15) is 0 Å². The third kappa shape index (κ3) is 0.934. The summed E-state index contributed by atoms with van der Waals surface area (Å²) in [5.41, 5.74) is 6.61. The van der Waals surface area contributed by atoms with Crippen molar-refractivity contribution >= 4 is 11.5 Å². The van der Waals surface area contributed by atoms with Crippen LogP contribution in [0, 0.1) is 5.41 Å². The Balaban J connectivity index is 2.70. The van der Waals surface area contributed by atoms with Crippen LogP contribution in [-0.4, -0.2) is 15.2 Å². The number of hydrogen-bond donors (Lipinski definition) is 2. The van der Waals surface area contributed by atoms with Crippen molar-refractivity contribution in [1.29, 1.82) is 5.41 Å². The number of hydrogen-bond acceptors (Lipinski definition) is 2. The quantitative estimate of drug-likeness (QED) is 0.474. The van der Waals surface area contributed by atoms with Gasteiger partial charge in [-0.15, -0.1) is 0 Å². The van der Waals surface area contributed by atoms with E-state index in [2.05, 4.69) is 4.98 Å². The van der Waals surface area contributed by atoms with Gasteiger partial charge in [0.25, 0.3) is 0 Å². The number of nitrogens with two attached hydrogens (primary N) is 1. The number of imidazole rings is 1. The maximum Gasteiger partial charge on any atom is 0.143 e. The molecule has 2 rings (SSSR count). The van der Waals surface area contributed by atoms with Crippen LogP contribution in [0.2, 0.25) is 0 Å². The minimum atomic E-state index is -0.00120. The van der Waals surface area contributed by atoms with Crippen LogP contribution in [0.1, 0.15) is 5.69 Å². The number of nitrogen functional groups attached to an aromatic ring is 1. The summed E-state index contributed by atoms with van der Waals surface area (Å²) in [6.45, 7) is 0. The molecule has 0 aliphatic heterocycles. The highest BCUT2D eigenvalue weighted by Gasteiger charge is 2.01. The van der Waals surface area contributed by atoms with Crippen LogP contribution in [-0.2, 0) is 0 Å². The Bertz CT molecular complexity index is 396. The molecule has 0 aromatic carbocycles. The molecule has 3 N–H and O–H groups in total. The maximum absolute atomic E-state index is 7.17. The molecule has 0 saturated carbocycles. The molecule has 12 heavy (non-hydrogen) atoms. The van der Waals surface area contributed by atoms with Crippen LogP contribution in [0.4, 0.5) is 0 Å². The number of amidine groups is 1. The summed E-state index contributed by atoms with van der Waals surface area (Å²) in [5.74, 6) is -0.00120. The van der Waals surface area contributed by atoms with Crippen molar-refractivity contribution in [3.05, 3.63) is 36.3 Å². The SMILES string of the molecule is N=C(N)c1cn2ccccc2n1. The monoisotopic (exact) mass is 160 g/mol. The molecular weight excluding hydrogens is 152 g/mol. The van der Waals surface area contributed by atoms with E-state index in [1.54, 1.807) is 6.20 Å². The van der Waals surface area contributed by atoms with Gasteiger partial charge >= 0.3 is 0 Å². The number of nitrogens with one attached hydrogen (secondary N) is 1. The van der Waals surface area contributed by atoms with E-state index in [4.69, 9.17) is 11.1 Å². The van der Waals surface area contributed by atoms with E-state index < -0.39 is 0 Å². The molecule has 2 aromatic rings. The molecule has 4 nitrogen and oxygen atoms in total.